The Morgan fingerprint density at radius 3 is 1.20 bits per heavy atom. The van der Waals surface area contributed by atoms with E-state index in [-0.39, 0.29) is 0 Å². The van der Waals surface area contributed by atoms with E-state index in [4.69, 9.17) is 0 Å². The average Bonchev–Trinajstić information content (AvgIpc) is 3.19. The zero-order valence-corrected chi connectivity index (χ0v) is 27.1. The Morgan fingerprint density at radius 2 is 0.740 bits per heavy atom. The topological polar surface area (TPSA) is 32.3 Å². The van der Waals surface area contributed by atoms with Crippen molar-refractivity contribution >= 4 is 88.0 Å². The Morgan fingerprint density at radius 1 is 0.320 bits per heavy atom. The third-order valence-corrected chi connectivity index (χ3v) is 9.89. The fourth-order valence-electron chi connectivity index (χ4n) is 7.59. The Labute approximate surface area is 289 Å². The first-order valence-corrected chi connectivity index (χ1v) is 16.9. The summed E-state index contributed by atoms with van der Waals surface area (Å²) in [6, 6.07) is 57.0. The van der Waals surface area contributed by atoms with E-state index in [9.17, 15) is 0 Å². The van der Waals surface area contributed by atoms with E-state index in [1.54, 1.807) is 0 Å². The van der Waals surface area contributed by atoms with E-state index >= 15 is 0 Å². The molecule has 2 aromatic heterocycles. The number of pyridine rings is 2. The number of hydrogen-bond acceptors (Lipinski definition) is 4. The molecule has 4 heteroatoms. The van der Waals surface area contributed by atoms with Crippen LogP contribution in [-0.4, -0.2) is 9.97 Å². The highest BCUT2D eigenvalue weighted by Crippen LogP contribution is 2.47. The highest BCUT2D eigenvalue weighted by Gasteiger charge is 2.22. The Balaban J connectivity index is 1.23. The molecule has 0 N–H and O–H groups in total. The lowest BCUT2D eigenvalue weighted by Crippen LogP contribution is -2.11. The van der Waals surface area contributed by atoms with E-state index in [2.05, 4.69) is 177 Å². The summed E-state index contributed by atoms with van der Waals surface area (Å²) in [6.45, 7) is 0. The van der Waals surface area contributed by atoms with Crippen molar-refractivity contribution in [3.63, 3.8) is 0 Å². The molecule has 0 saturated heterocycles. The monoisotopic (exact) mass is 638 g/mol. The Hall–Kier alpha value is -6.78. The fraction of sp³-hybridized carbons (Fsp3) is 0. The second-order valence-electron chi connectivity index (χ2n) is 12.7. The van der Waals surface area contributed by atoms with Crippen molar-refractivity contribution in [1.29, 1.82) is 0 Å². The van der Waals surface area contributed by atoms with Crippen molar-refractivity contribution in [2.75, 3.05) is 9.80 Å². The molecule has 0 spiro atoms. The standard InChI is InChI=1S/C46H30N4/c1-3-7-37(8-4-1)49(39-17-11-35-29-47-25-23-33(35)27-39)43-21-15-31-14-20-42-44(22-16-32-13-19-41(43)45(31)46(32)42)50(38-9-5-2-6-10-38)40-18-12-36-30-48-26-24-34(36)28-40/h1-30H. The smallest absolute Gasteiger partial charge is 0.0540 e. The maximum Gasteiger partial charge on any atom is 0.0540 e. The van der Waals surface area contributed by atoms with Crippen LogP contribution in [0.4, 0.5) is 34.1 Å². The maximum absolute atomic E-state index is 4.34. The van der Waals surface area contributed by atoms with Gasteiger partial charge in [-0.1, -0.05) is 84.9 Å². The van der Waals surface area contributed by atoms with Gasteiger partial charge in [-0.05, 0) is 105 Å². The minimum absolute atomic E-state index is 1.10. The van der Waals surface area contributed by atoms with Crippen LogP contribution in [0, 0.1) is 0 Å². The summed E-state index contributed by atoms with van der Waals surface area (Å²) in [5, 5.41) is 12.0. The quantitative estimate of drug-likeness (QED) is 0.170. The molecule has 0 unspecified atom stereocenters. The number of nitrogens with zero attached hydrogens (tertiary/aromatic N) is 4. The lowest BCUT2D eigenvalue weighted by molar-refractivity contribution is 1.30. The highest BCUT2D eigenvalue weighted by atomic mass is 15.1. The first-order chi connectivity index (χ1) is 24.8. The minimum atomic E-state index is 1.10. The van der Waals surface area contributed by atoms with Gasteiger partial charge in [-0.25, -0.2) is 0 Å². The summed E-state index contributed by atoms with van der Waals surface area (Å²) in [6.07, 6.45) is 7.57. The predicted molar refractivity (Wildman–Crippen MR) is 210 cm³/mol. The molecule has 50 heavy (non-hydrogen) atoms. The van der Waals surface area contributed by atoms with Crippen molar-refractivity contribution in [3.8, 4) is 0 Å². The van der Waals surface area contributed by atoms with Crippen LogP contribution >= 0.6 is 0 Å². The van der Waals surface area contributed by atoms with Crippen molar-refractivity contribution < 1.29 is 0 Å². The molecule has 0 aliphatic rings. The summed E-state index contributed by atoms with van der Waals surface area (Å²) in [5.41, 5.74) is 6.71. The van der Waals surface area contributed by atoms with Gasteiger partial charge < -0.3 is 9.80 Å². The fourth-order valence-corrected chi connectivity index (χ4v) is 7.59. The van der Waals surface area contributed by atoms with Gasteiger partial charge in [-0.15, -0.1) is 0 Å². The van der Waals surface area contributed by atoms with E-state index in [1.807, 2.05) is 24.8 Å². The first kappa shape index (κ1) is 28.3. The number of aromatic nitrogens is 2. The van der Waals surface area contributed by atoms with Crippen LogP contribution in [0.1, 0.15) is 0 Å². The second kappa shape index (κ2) is 11.4. The van der Waals surface area contributed by atoms with E-state index in [0.717, 1.165) is 55.7 Å². The van der Waals surface area contributed by atoms with Crippen LogP contribution in [0.5, 0.6) is 0 Å². The molecule has 8 aromatic carbocycles. The van der Waals surface area contributed by atoms with Crippen molar-refractivity contribution in [2.45, 2.75) is 0 Å². The Bertz CT molecular complexity index is 2630. The molecular formula is C46H30N4. The van der Waals surface area contributed by atoms with Crippen LogP contribution in [-0.2, 0) is 0 Å². The van der Waals surface area contributed by atoms with Crippen LogP contribution in [0.2, 0.25) is 0 Å². The lowest BCUT2D eigenvalue weighted by atomic mass is 9.91. The summed E-state index contributed by atoms with van der Waals surface area (Å²) < 4.78 is 0. The van der Waals surface area contributed by atoms with E-state index in [1.165, 1.54) is 32.3 Å². The number of benzene rings is 8. The average molecular weight is 639 g/mol. The van der Waals surface area contributed by atoms with Crippen LogP contribution in [0.15, 0.2) is 183 Å². The van der Waals surface area contributed by atoms with Crippen molar-refractivity contribution in [1.82, 2.24) is 9.97 Å². The minimum Gasteiger partial charge on any atom is -0.310 e. The van der Waals surface area contributed by atoms with Crippen molar-refractivity contribution in [2.24, 2.45) is 0 Å². The van der Waals surface area contributed by atoms with Crippen molar-refractivity contribution in [3.05, 3.63) is 183 Å². The molecule has 0 atom stereocenters. The molecule has 4 nitrogen and oxygen atoms in total. The van der Waals surface area contributed by atoms with Gasteiger partial charge >= 0.3 is 0 Å². The summed E-state index contributed by atoms with van der Waals surface area (Å²) >= 11 is 0. The molecule has 234 valence electrons. The normalized spacial score (nSPS) is 11.6. The van der Waals surface area contributed by atoms with Gasteiger partial charge in [-0.2, -0.15) is 0 Å². The highest BCUT2D eigenvalue weighted by molar-refractivity contribution is 6.28. The molecule has 0 aliphatic heterocycles. The number of anilines is 6. The number of rotatable bonds is 6. The van der Waals surface area contributed by atoms with E-state index in [0.29, 0.717) is 0 Å². The zero-order chi connectivity index (χ0) is 33.0. The first-order valence-electron chi connectivity index (χ1n) is 16.9. The van der Waals surface area contributed by atoms with Crippen LogP contribution < -0.4 is 9.80 Å². The largest absolute Gasteiger partial charge is 0.310 e. The maximum atomic E-state index is 4.34. The summed E-state index contributed by atoms with van der Waals surface area (Å²) in [7, 11) is 0. The van der Waals surface area contributed by atoms with Gasteiger partial charge in [0.2, 0.25) is 0 Å². The molecule has 0 radical (unpaired) electrons. The second-order valence-corrected chi connectivity index (χ2v) is 12.7. The third kappa shape index (κ3) is 4.54. The molecule has 10 aromatic rings. The van der Waals surface area contributed by atoms with Crippen LogP contribution in [0.3, 0.4) is 0 Å². The zero-order valence-electron chi connectivity index (χ0n) is 27.1. The van der Waals surface area contributed by atoms with Gasteiger partial charge in [0.05, 0.1) is 11.4 Å². The molecule has 0 amide bonds. The van der Waals surface area contributed by atoms with Gasteiger partial charge in [-0.3, -0.25) is 9.97 Å². The van der Waals surface area contributed by atoms with Gasteiger partial charge in [0.1, 0.15) is 0 Å². The molecule has 0 fully saturated rings. The van der Waals surface area contributed by atoms with Crippen LogP contribution in [0.25, 0.3) is 53.9 Å². The predicted octanol–water partition coefficient (Wildman–Crippen LogP) is 12.6. The molecule has 10 rings (SSSR count). The van der Waals surface area contributed by atoms with Gasteiger partial charge in [0, 0.05) is 69.1 Å². The SMILES string of the molecule is c1ccc(N(c2ccc3cnccc3c2)c2ccc3ccc4c(N(c5ccccc5)c5ccc6cnccc6c5)ccc5ccc2c3c54)cc1. The molecule has 0 bridgehead atoms. The number of fused-ring (bicyclic) bond motifs is 2. The lowest BCUT2D eigenvalue weighted by Gasteiger charge is -2.29. The number of hydrogen-bond donors (Lipinski definition) is 0. The van der Waals surface area contributed by atoms with Gasteiger partial charge in [0.25, 0.3) is 0 Å². The third-order valence-electron chi connectivity index (χ3n) is 9.89. The summed E-state index contributed by atoms with van der Waals surface area (Å²) in [5.74, 6) is 0. The van der Waals surface area contributed by atoms with Gasteiger partial charge in [0.15, 0.2) is 0 Å². The molecular weight excluding hydrogens is 609 g/mol. The molecule has 2 heterocycles. The van der Waals surface area contributed by atoms with E-state index < -0.39 is 0 Å². The number of para-hydroxylation sites is 2. The summed E-state index contributed by atoms with van der Waals surface area (Å²) in [4.78, 5) is 13.5. The Kier molecular flexibility index (Phi) is 6.46. The molecule has 0 aliphatic carbocycles. The molecule has 0 saturated carbocycles.